The summed E-state index contributed by atoms with van der Waals surface area (Å²) in [6.07, 6.45) is 2.77. The predicted octanol–water partition coefficient (Wildman–Crippen LogP) is 2.00. The van der Waals surface area contributed by atoms with Gasteiger partial charge in [0.05, 0.1) is 18.5 Å². The number of benzene rings is 1. The molecular weight excluding hydrogens is 322 g/mol. The standard InChI is InChI=1S/C15H14ClN3O4/c1-10(20)19(13-4-2-11(16)3-5-13)8-14(21)15(22)18-17-12-6-7-23-9-12/h2-7,9,17H,8H2,1H3,(H,18,22). The zero-order valence-corrected chi connectivity index (χ0v) is 13.0. The van der Waals surface area contributed by atoms with Crippen molar-refractivity contribution in [2.45, 2.75) is 6.92 Å². The van der Waals surface area contributed by atoms with Crippen LogP contribution in [0.2, 0.25) is 5.02 Å². The predicted molar refractivity (Wildman–Crippen MR) is 85.0 cm³/mol. The summed E-state index contributed by atoms with van der Waals surface area (Å²) in [5, 5.41) is 0.505. The lowest BCUT2D eigenvalue weighted by molar-refractivity contribution is -0.137. The number of rotatable bonds is 6. The summed E-state index contributed by atoms with van der Waals surface area (Å²) in [4.78, 5) is 36.6. The Morgan fingerprint density at radius 3 is 2.43 bits per heavy atom. The molecule has 0 aliphatic heterocycles. The Labute approximate surface area is 137 Å². The Bertz CT molecular complexity index is 698. The molecule has 0 aliphatic carbocycles. The van der Waals surface area contributed by atoms with Crippen molar-refractivity contribution in [3.05, 3.63) is 47.9 Å². The van der Waals surface area contributed by atoms with Crippen molar-refractivity contribution < 1.29 is 18.8 Å². The molecule has 0 fully saturated rings. The molecule has 2 aromatic rings. The van der Waals surface area contributed by atoms with Crippen LogP contribution in [0.15, 0.2) is 47.3 Å². The van der Waals surface area contributed by atoms with Crippen molar-refractivity contribution in [1.29, 1.82) is 0 Å². The van der Waals surface area contributed by atoms with Crippen molar-refractivity contribution >= 4 is 40.6 Å². The van der Waals surface area contributed by atoms with Gasteiger partial charge in [0.25, 0.3) is 0 Å². The Balaban J connectivity index is 1.98. The molecule has 2 rings (SSSR count). The van der Waals surface area contributed by atoms with E-state index in [-0.39, 0.29) is 12.5 Å². The lowest BCUT2D eigenvalue weighted by Gasteiger charge is -2.20. The molecule has 7 nitrogen and oxygen atoms in total. The van der Waals surface area contributed by atoms with Crippen molar-refractivity contribution in [2.24, 2.45) is 0 Å². The van der Waals surface area contributed by atoms with E-state index in [9.17, 15) is 14.4 Å². The van der Waals surface area contributed by atoms with Gasteiger partial charge in [-0.25, -0.2) is 0 Å². The van der Waals surface area contributed by atoms with Gasteiger partial charge in [-0.05, 0) is 24.3 Å². The molecule has 0 atom stereocenters. The monoisotopic (exact) mass is 335 g/mol. The van der Waals surface area contributed by atoms with E-state index >= 15 is 0 Å². The molecule has 120 valence electrons. The Kier molecular flexibility index (Phi) is 5.37. The maximum Gasteiger partial charge on any atom is 0.307 e. The van der Waals surface area contributed by atoms with Crippen molar-refractivity contribution in [3.63, 3.8) is 0 Å². The van der Waals surface area contributed by atoms with Gasteiger partial charge in [0.15, 0.2) is 0 Å². The molecule has 1 aromatic heterocycles. The third-order valence-corrected chi connectivity index (χ3v) is 3.17. The zero-order valence-electron chi connectivity index (χ0n) is 12.2. The highest BCUT2D eigenvalue weighted by molar-refractivity contribution is 6.38. The number of nitrogens with zero attached hydrogens (tertiary/aromatic N) is 1. The summed E-state index contributed by atoms with van der Waals surface area (Å²) in [5.74, 6) is -2.01. The number of halogens is 1. The summed E-state index contributed by atoms with van der Waals surface area (Å²) in [7, 11) is 0. The molecule has 2 amide bonds. The van der Waals surface area contributed by atoms with E-state index in [4.69, 9.17) is 16.0 Å². The minimum Gasteiger partial charge on any atom is -0.470 e. The molecule has 0 radical (unpaired) electrons. The van der Waals surface area contributed by atoms with Crippen LogP contribution in [-0.4, -0.2) is 24.1 Å². The molecular formula is C15H14ClN3O4. The van der Waals surface area contributed by atoms with E-state index in [1.165, 1.54) is 24.3 Å². The zero-order chi connectivity index (χ0) is 16.8. The minimum atomic E-state index is -0.869. The maximum absolute atomic E-state index is 12.0. The minimum absolute atomic E-state index is 0.365. The highest BCUT2D eigenvalue weighted by atomic mass is 35.5. The number of Topliss-reactive ketones (excluding diaryl/α,β-unsaturated/α-hetero) is 1. The van der Waals surface area contributed by atoms with Gasteiger partial charge in [0.1, 0.15) is 6.26 Å². The van der Waals surface area contributed by atoms with Crippen LogP contribution in [0.1, 0.15) is 6.92 Å². The van der Waals surface area contributed by atoms with Crippen LogP contribution < -0.4 is 15.8 Å². The highest BCUT2D eigenvalue weighted by Crippen LogP contribution is 2.18. The Morgan fingerprint density at radius 2 is 1.87 bits per heavy atom. The topological polar surface area (TPSA) is 91.7 Å². The summed E-state index contributed by atoms with van der Waals surface area (Å²) in [5.41, 5.74) is 5.72. The quantitative estimate of drug-likeness (QED) is 0.622. The molecule has 1 heterocycles. The number of hydrogen-bond donors (Lipinski definition) is 2. The molecule has 0 aliphatic rings. The van der Waals surface area contributed by atoms with E-state index < -0.39 is 11.7 Å². The van der Waals surface area contributed by atoms with Gasteiger partial charge in [-0.15, -0.1) is 0 Å². The molecule has 0 spiro atoms. The van der Waals surface area contributed by atoms with Gasteiger partial charge in [-0.1, -0.05) is 11.6 Å². The molecule has 8 heteroatoms. The molecule has 0 unspecified atom stereocenters. The second-order valence-electron chi connectivity index (χ2n) is 4.60. The molecule has 0 saturated carbocycles. The van der Waals surface area contributed by atoms with Gasteiger partial charge in [0.2, 0.25) is 11.7 Å². The van der Waals surface area contributed by atoms with E-state index in [1.54, 1.807) is 30.3 Å². The van der Waals surface area contributed by atoms with E-state index in [0.29, 0.717) is 16.4 Å². The summed E-state index contributed by atoms with van der Waals surface area (Å²) >= 11 is 5.79. The fraction of sp³-hybridized carbons (Fsp3) is 0.133. The largest absolute Gasteiger partial charge is 0.470 e. The lowest BCUT2D eigenvalue weighted by Crippen LogP contribution is -2.43. The van der Waals surface area contributed by atoms with Crippen molar-refractivity contribution in [2.75, 3.05) is 16.9 Å². The SMILES string of the molecule is CC(=O)N(CC(=O)C(=O)NNc1ccoc1)c1ccc(Cl)cc1. The number of carbonyl (C=O) groups excluding carboxylic acids is 3. The fourth-order valence-electron chi connectivity index (χ4n) is 1.76. The van der Waals surface area contributed by atoms with E-state index in [0.717, 1.165) is 0 Å². The van der Waals surface area contributed by atoms with Crippen LogP contribution in [0.4, 0.5) is 11.4 Å². The van der Waals surface area contributed by atoms with E-state index in [2.05, 4.69) is 10.9 Å². The number of carbonyl (C=O) groups is 3. The van der Waals surface area contributed by atoms with Crippen LogP contribution in [0.5, 0.6) is 0 Å². The van der Waals surface area contributed by atoms with Gasteiger partial charge in [0, 0.05) is 23.7 Å². The van der Waals surface area contributed by atoms with Crippen molar-refractivity contribution in [3.8, 4) is 0 Å². The molecule has 1 aromatic carbocycles. The first-order valence-corrected chi connectivity index (χ1v) is 7.00. The van der Waals surface area contributed by atoms with Crippen LogP contribution in [-0.2, 0) is 14.4 Å². The van der Waals surface area contributed by atoms with E-state index in [1.807, 2.05) is 0 Å². The van der Waals surface area contributed by atoms with Gasteiger partial charge >= 0.3 is 5.91 Å². The number of amides is 2. The molecule has 0 bridgehead atoms. The second kappa shape index (κ2) is 7.46. The van der Waals surface area contributed by atoms with Gasteiger partial charge < -0.3 is 9.32 Å². The van der Waals surface area contributed by atoms with Gasteiger partial charge in [-0.3, -0.25) is 25.2 Å². The first-order valence-electron chi connectivity index (χ1n) is 6.62. The molecule has 23 heavy (non-hydrogen) atoms. The summed E-state index contributed by atoms with van der Waals surface area (Å²) in [6, 6.07) is 7.95. The second-order valence-corrected chi connectivity index (χ2v) is 5.03. The molecule has 0 saturated heterocycles. The third-order valence-electron chi connectivity index (χ3n) is 2.91. The smallest absolute Gasteiger partial charge is 0.307 e. The Morgan fingerprint density at radius 1 is 1.17 bits per heavy atom. The summed E-state index contributed by atoms with van der Waals surface area (Å²) in [6.45, 7) is 0.930. The normalized spacial score (nSPS) is 10.0. The maximum atomic E-state index is 12.0. The average Bonchev–Trinajstić information content (AvgIpc) is 3.04. The van der Waals surface area contributed by atoms with Gasteiger partial charge in [-0.2, -0.15) is 0 Å². The number of anilines is 2. The first kappa shape index (κ1) is 16.6. The number of nitrogens with one attached hydrogen (secondary N) is 2. The lowest BCUT2D eigenvalue weighted by atomic mass is 10.2. The first-order chi connectivity index (χ1) is 11.0. The van der Waals surface area contributed by atoms with Crippen LogP contribution in [0, 0.1) is 0 Å². The number of furan rings is 1. The Hall–Kier alpha value is -2.80. The fourth-order valence-corrected chi connectivity index (χ4v) is 1.88. The number of hydrogen-bond acceptors (Lipinski definition) is 5. The summed E-state index contributed by atoms with van der Waals surface area (Å²) < 4.78 is 4.81. The third kappa shape index (κ3) is 4.58. The average molecular weight is 336 g/mol. The van der Waals surface area contributed by atoms with Crippen LogP contribution >= 0.6 is 11.6 Å². The van der Waals surface area contributed by atoms with Crippen LogP contribution in [0.3, 0.4) is 0 Å². The molecule has 2 N–H and O–H groups in total. The van der Waals surface area contributed by atoms with Crippen molar-refractivity contribution in [1.82, 2.24) is 5.43 Å². The number of ketones is 1. The highest BCUT2D eigenvalue weighted by Gasteiger charge is 2.21. The number of hydrazine groups is 1. The van der Waals surface area contributed by atoms with Crippen LogP contribution in [0.25, 0.3) is 0 Å².